The fourth-order valence-electron chi connectivity index (χ4n) is 2.30. The van der Waals surface area contributed by atoms with Crippen LogP contribution in [-0.2, 0) is 4.79 Å². The molecule has 0 aliphatic carbocycles. The van der Waals surface area contributed by atoms with Gasteiger partial charge in [0.15, 0.2) is 0 Å². The number of carbonyl (C=O) groups excluding carboxylic acids is 1. The van der Waals surface area contributed by atoms with E-state index in [4.69, 9.17) is 11.6 Å². The first kappa shape index (κ1) is 13.7. The average molecular weight is 287 g/mol. The lowest BCUT2D eigenvalue weighted by Gasteiger charge is -2.33. The molecular formula is C12H12ClFN2O3. The quantitative estimate of drug-likeness (QED) is 0.487. The van der Waals surface area contributed by atoms with Gasteiger partial charge in [-0.1, -0.05) is 11.6 Å². The van der Waals surface area contributed by atoms with Crippen LogP contribution in [0.3, 0.4) is 0 Å². The molecule has 5 nitrogen and oxygen atoms in total. The van der Waals surface area contributed by atoms with Crippen molar-refractivity contribution in [1.29, 1.82) is 0 Å². The molecule has 7 heteroatoms. The van der Waals surface area contributed by atoms with Crippen molar-refractivity contribution in [3.63, 3.8) is 0 Å². The first-order valence-corrected chi connectivity index (χ1v) is 6.27. The van der Waals surface area contributed by atoms with E-state index in [2.05, 4.69) is 0 Å². The van der Waals surface area contributed by atoms with Crippen molar-refractivity contribution in [2.24, 2.45) is 0 Å². The summed E-state index contributed by atoms with van der Waals surface area (Å²) in [4.78, 5) is 23.0. The van der Waals surface area contributed by atoms with Gasteiger partial charge in [0.1, 0.15) is 17.8 Å². The van der Waals surface area contributed by atoms with Gasteiger partial charge in [0.2, 0.25) is 0 Å². The molecule has 0 N–H and O–H groups in total. The Morgan fingerprint density at radius 2 is 2.21 bits per heavy atom. The van der Waals surface area contributed by atoms with Crippen molar-refractivity contribution in [1.82, 2.24) is 0 Å². The lowest BCUT2D eigenvalue weighted by Crippen LogP contribution is -2.40. The zero-order chi connectivity index (χ0) is 14.0. The molecule has 1 saturated heterocycles. The van der Waals surface area contributed by atoms with E-state index in [0.29, 0.717) is 13.0 Å². The normalized spacial score (nSPS) is 19.3. The monoisotopic (exact) mass is 286 g/mol. The Hall–Kier alpha value is -1.69. The van der Waals surface area contributed by atoms with Crippen molar-refractivity contribution < 1.29 is 14.1 Å². The van der Waals surface area contributed by atoms with Crippen LogP contribution in [0.4, 0.5) is 15.8 Å². The van der Waals surface area contributed by atoms with Crippen LogP contribution in [0.25, 0.3) is 0 Å². The van der Waals surface area contributed by atoms with E-state index in [9.17, 15) is 19.3 Å². The van der Waals surface area contributed by atoms with Gasteiger partial charge in [-0.2, -0.15) is 0 Å². The Balaban J connectivity index is 2.50. The van der Waals surface area contributed by atoms with E-state index < -0.39 is 16.8 Å². The van der Waals surface area contributed by atoms with Gasteiger partial charge < -0.3 is 9.69 Å². The summed E-state index contributed by atoms with van der Waals surface area (Å²) in [6.07, 6.45) is 3.12. The van der Waals surface area contributed by atoms with Crippen LogP contribution in [0.5, 0.6) is 0 Å². The number of carbonyl (C=O) groups is 1. The van der Waals surface area contributed by atoms with Crippen LogP contribution in [0.1, 0.15) is 19.3 Å². The third-order valence-electron chi connectivity index (χ3n) is 3.23. The summed E-state index contributed by atoms with van der Waals surface area (Å²) in [7, 11) is 0. The maximum atomic E-state index is 13.3. The number of nitro benzene ring substituents is 1. The van der Waals surface area contributed by atoms with Gasteiger partial charge in [0, 0.05) is 6.54 Å². The number of nitro groups is 1. The molecule has 0 radical (unpaired) electrons. The predicted molar refractivity (Wildman–Crippen MR) is 69.1 cm³/mol. The molecule has 1 aromatic rings. The van der Waals surface area contributed by atoms with Gasteiger partial charge in [-0.25, -0.2) is 4.39 Å². The van der Waals surface area contributed by atoms with Crippen LogP contribution < -0.4 is 4.90 Å². The molecule has 1 aliphatic heterocycles. The van der Waals surface area contributed by atoms with Crippen molar-refractivity contribution in [3.8, 4) is 0 Å². The van der Waals surface area contributed by atoms with E-state index in [1.807, 2.05) is 0 Å². The van der Waals surface area contributed by atoms with Crippen LogP contribution in [-0.4, -0.2) is 23.8 Å². The summed E-state index contributed by atoms with van der Waals surface area (Å²) in [5.41, 5.74) is -0.163. The van der Waals surface area contributed by atoms with Crippen molar-refractivity contribution in [3.05, 3.63) is 33.1 Å². The van der Waals surface area contributed by atoms with E-state index in [1.165, 1.54) is 6.07 Å². The number of halogens is 2. The Morgan fingerprint density at radius 1 is 1.47 bits per heavy atom. The largest absolute Gasteiger partial charge is 0.356 e. The van der Waals surface area contributed by atoms with Gasteiger partial charge in [-0.05, 0) is 25.3 Å². The standard InChI is InChI=1S/C12H12ClFN2O3/c13-9-5-11(12(16(18)19)6-10(9)14)15-4-2-1-3-8(15)7-17/h5-8H,1-4H2. The van der Waals surface area contributed by atoms with Crippen LogP contribution in [0.2, 0.25) is 5.02 Å². The molecule has 1 fully saturated rings. The van der Waals surface area contributed by atoms with Gasteiger partial charge in [-0.3, -0.25) is 10.1 Å². The first-order chi connectivity index (χ1) is 9.04. The van der Waals surface area contributed by atoms with E-state index >= 15 is 0 Å². The van der Waals surface area contributed by atoms with Crippen LogP contribution in [0, 0.1) is 15.9 Å². The smallest absolute Gasteiger partial charge is 0.295 e. The lowest BCUT2D eigenvalue weighted by atomic mass is 10.0. The van der Waals surface area contributed by atoms with E-state index in [0.717, 1.165) is 25.2 Å². The fourth-order valence-corrected chi connectivity index (χ4v) is 2.46. The second kappa shape index (κ2) is 5.52. The highest BCUT2D eigenvalue weighted by atomic mass is 35.5. The minimum absolute atomic E-state index is 0.184. The van der Waals surface area contributed by atoms with Crippen molar-refractivity contribution >= 4 is 29.3 Å². The fraction of sp³-hybridized carbons (Fsp3) is 0.417. The van der Waals surface area contributed by atoms with Crippen LogP contribution >= 0.6 is 11.6 Å². The summed E-state index contributed by atoms with van der Waals surface area (Å²) in [6.45, 7) is 0.520. The van der Waals surface area contributed by atoms with Gasteiger partial charge in [0.25, 0.3) is 5.69 Å². The second-order valence-electron chi connectivity index (χ2n) is 4.40. The molecule has 19 heavy (non-hydrogen) atoms. The van der Waals surface area contributed by atoms with Gasteiger partial charge in [0.05, 0.1) is 22.1 Å². The predicted octanol–water partition coefficient (Wildman–Crippen LogP) is 2.95. The molecule has 102 valence electrons. The SMILES string of the molecule is O=CC1CCCCN1c1cc(Cl)c(F)cc1[N+](=O)[O-]. The number of nitrogens with zero attached hydrogens (tertiary/aromatic N) is 2. The molecule has 0 spiro atoms. The highest BCUT2D eigenvalue weighted by Crippen LogP contribution is 2.36. The number of hydrogen-bond acceptors (Lipinski definition) is 4. The third kappa shape index (κ3) is 2.68. The summed E-state index contributed by atoms with van der Waals surface area (Å²) < 4.78 is 13.3. The molecule has 2 rings (SSSR count). The Bertz CT molecular complexity index is 524. The maximum absolute atomic E-state index is 13.3. The highest BCUT2D eigenvalue weighted by Gasteiger charge is 2.29. The molecule has 1 atom stereocenters. The lowest BCUT2D eigenvalue weighted by molar-refractivity contribution is -0.384. The minimum atomic E-state index is -0.836. The Labute approximate surface area is 114 Å². The third-order valence-corrected chi connectivity index (χ3v) is 3.52. The number of rotatable bonds is 3. The summed E-state index contributed by atoms with van der Waals surface area (Å²) >= 11 is 5.69. The molecule has 0 aromatic heterocycles. The number of hydrogen-bond donors (Lipinski definition) is 0. The molecule has 0 amide bonds. The second-order valence-corrected chi connectivity index (χ2v) is 4.81. The Morgan fingerprint density at radius 3 is 2.84 bits per heavy atom. The summed E-state index contributed by atoms with van der Waals surface area (Å²) in [5.74, 6) is -0.836. The number of anilines is 1. The van der Waals surface area contributed by atoms with E-state index in [1.54, 1.807) is 4.90 Å². The van der Waals surface area contributed by atoms with E-state index in [-0.39, 0.29) is 16.4 Å². The summed E-state index contributed by atoms with van der Waals surface area (Å²) in [5, 5.41) is 10.8. The average Bonchev–Trinajstić information content (AvgIpc) is 2.41. The zero-order valence-electron chi connectivity index (χ0n) is 10.0. The highest BCUT2D eigenvalue weighted by molar-refractivity contribution is 6.31. The molecule has 1 unspecified atom stereocenters. The summed E-state index contributed by atoms with van der Waals surface area (Å²) in [6, 6.07) is 1.60. The molecule has 1 aromatic carbocycles. The zero-order valence-corrected chi connectivity index (χ0v) is 10.8. The molecular weight excluding hydrogens is 275 g/mol. The van der Waals surface area contributed by atoms with Crippen molar-refractivity contribution in [2.45, 2.75) is 25.3 Å². The molecule has 1 heterocycles. The minimum Gasteiger partial charge on any atom is -0.356 e. The maximum Gasteiger partial charge on any atom is 0.295 e. The van der Waals surface area contributed by atoms with Gasteiger partial charge in [-0.15, -0.1) is 0 Å². The number of aldehydes is 1. The molecule has 0 saturated carbocycles. The number of piperidine rings is 1. The topological polar surface area (TPSA) is 63.5 Å². The molecule has 1 aliphatic rings. The number of benzene rings is 1. The van der Waals surface area contributed by atoms with Gasteiger partial charge >= 0.3 is 0 Å². The van der Waals surface area contributed by atoms with Crippen LogP contribution in [0.15, 0.2) is 12.1 Å². The molecule has 0 bridgehead atoms. The first-order valence-electron chi connectivity index (χ1n) is 5.90. The van der Waals surface area contributed by atoms with Crippen molar-refractivity contribution in [2.75, 3.05) is 11.4 Å². The Kier molecular flexibility index (Phi) is 3.99.